The molecule has 0 saturated carbocycles. The minimum absolute atomic E-state index is 0.209. The van der Waals surface area contributed by atoms with Crippen molar-refractivity contribution in [3.05, 3.63) is 131 Å². The van der Waals surface area contributed by atoms with Crippen molar-refractivity contribution in [1.29, 1.82) is 0 Å². The summed E-state index contributed by atoms with van der Waals surface area (Å²) in [5.74, 6) is 0.441. The molecule has 0 bridgehead atoms. The number of rotatable bonds is 3. The molecule has 0 amide bonds. The Hall–Kier alpha value is -4.83. The summed E-state index contributed by atoms with van der Waals surface area (Å²) in [5.41, 5.74) is 7.07. The fraction of sp³-hybridized carbons (Fsp3) is 0.139. The lowest BCUT2D eigenvalue weighted by molar-refractivity contribution is 0.0534. The van der Waals surface area contributed by atoms with Gasteiger partial charge in [-0.25, -0.2) is 4.79 Å². The fourth-order valence-corrected chi connectivity index (χ4v) is 6.87. The van der Waals surface area contributed by atoms with Gasteiger partial charge in [0.15, 0.2) is 5.60 Å². The number of hydrogen-bond donors (Lipinski definition) is 0. The van der Waals surface area contributed by atoms with E-state index >= 15 is 0 Å². The first kappa shape index (κ1) is 23.1. The zero-order valence-corrected chi connectivity index (χ0v) is 22.4. The lowest BCUT2D eigenvalue weighted by atomic mass is 9.78. The average molecular weight is 522 g/mol. The summed E-state index contributed by atoms with van der Waals surface area (Å²) < 4.78 is 15.5. The second-order valence-corrected chi connectivity index (χ2v) is 10.7. The number of aryl methyl sites for hydroxylation is 2. The Bertz CT molecular complexity index is 2050. The number of ether oxygens (including phenoxy) is 2. The van der Waals surface area contributed by atoms with Crippen LogP contribution in [0.25, 0.3) is 38.2 Å². The maximum absolute atomic E-state index is 13.1. The molecule has 40 heavy (non-hydrogen) atoms. The van der Waals surface area contributed by atoms with E-state index in [-0.39, 0.29) is 12.6 Å². The first-order chi connectivity index (χ1) is 19.6. The van der Waals surface area contributed by atoms with Crippen LogP contribution in [-0.4, -0.2) is 17.1 Å². The molecule has 6 aromatic rings. The number of carbonyl (C=O) groups is 1. The molecule has 0 fully saturated rings. The third-order valence-electron chi connectivity index (χ3n) is 8.60. The minimum Gasteiger partial charge on any atom is -0.472 e. The third-order valence-corrected chi connectivity index (χ3v) is 8.60. The van der Waals surface area contributed by atoms with Crippen molar-refractivity contribution in [2.75, 3.05) is 6.61 Å². The summed E-state index contributed by atoms with van der Waals surface area (Å²) in [5, 5.41) is 4.33. The van der Waals surface area contributed by atoms with Gasteiger partial charge in [-0.2, -0.15) is 0 Å². The van der Waals surface area contributed by atoms with Gasteiger partial charge in [-0.1, -0.05) is 78.9 Å². The van der Waals surface area contributed by atoms with Crippen molar-refractivity contribution in [3.8, 4) is 5.75 Å². The number of para-hydroxylation sites is 1. The summed E-state index contributed by atoms with van der Waals surface area (Å²) in [7, 11) is 0. The Balaban J connectivity index is 1.57. The van der Waals surface area contributed by atoms with Crippen LogP contribution < -0.4 is 4.74 Å². The number of aromatic nitrogens is 1. The van der Waals surface area contributed by atoms with Crippen molar-refractivity contribution in [2.24, 2.45) is 0 Å². The Morgan fingerprint density at radius 3 is 2.45 bits per heavy atom. The number of benzene rings is 5. The van der Waals surface area contributed by atoms with E-state index in [2.05, 4.69) is 109 Å². The van der Waals surface area contributed by atoms with Crippen LogP contribution in [0.2, 0.25) is 0 Å². The molecule has 5 aromatic carbocycles. The normalized spacial score (nSPS) is 17.9. The van der Waals surface area contributed by atoms with Crippen LogP contribution in [0.3, 0.4) is 0 Å². The van der Waals surface area contributed by atoms with Crippen molar-refractivity contribution in [1.82, 2.24) is 4.57 Å². The average Bonchev–Trinajstić information content (AvgIpc) is 3.33. The van der Waals surface area contributed by atoms with Gasteiger partial charge < -0.3 is 14.0 Å². The van der Waals surface area contributed by atoms with Crippen LogP contribution in [0.5, 0.6) is 5.75 Å². The van der Waals surface area contributed by atoms with Crippen molar-refractivity contribution >= 4 is 44.1 Å². The number of cyclic esters (lactones) is 1. The highest BCUT2D eigenvalue weighted by Gasteiger charge is 2.44. The van der Waals surface area contributed by atoms with E-state index in [1.165, 1.54) is 10.9 Å². The van der Waals surface area contributed by atoms with E-state index in [4.69, 9.17) is 9.47 Å². The maximum Gasteiger partial charge on any atom is 0.339 e. The molecule has 0 N–H and O–H groups in total. The highest BCUT2D eigenvalue weighted by atomic mass is 16.5. The van der Waals surface area contributed by atoms with Gasteiger partial charge in [-0.3, -0.25) is 0 Å². The van der Waals surface area contributed by atoms with Gasteiger partial charge in [0.1, 0.15) is 12.4 Å². The molecule has 2 aliphatic rings. The van der Waals surface area contributed by atoms with E-state index in [1.807, 2.05) is 12.1 Å². The predicted molar refractivity (Wildman–Crippen MR) is 160 cm³/mol. The van der Waals surface area contributed by atoms with E-state index in [0.29, 0.717) is 5.56 Å². The lowest BCUT2D eigenvalue weighted by Crippen LogP contribution is -2.38. The number of esters is 1. The monoisotopic (exact) mass is 521 g/mol. The Labute approximate surface area is 232 Å². The third kappa shape index (κ3) is 2.99. The molecule has 2 aliphatic heterocycles. The smallest absolute Gasteiger partial charge is 0.339 e. The predicted octanol–water partition coefficient (Wildman–Crippen LogP) is 8.17. The van der Waals surface area contributed by atoms with E-state index < -0.39 is 5.60 Å². The van der Waals surface area contributed by atoms with Crippen molar-refractivity contribution in [2.45, 2.75) is 26.0 Å². The van der Waals surface area contributed by atoms with Crippen molar-refractivity contribution in [3.63, 3.8) is 0 Å². The zero-order valence-electron chi connectivity index (χ0n) is 22.4. The molecular weight excluding hydrogens is 494 g/mol. The summed E-state index contributed by atoms with van der Waals surface area (Å²) >= 11 is 0. The lowest BCUT2D eigenvalue weighted by Gasteiger charge is -2.40. The van der Waals surface area contributed by atoms with Gasteiger partial charge in [0.2, 0.25) is 0 Å². The Morgan fingerprint density at radius 2 is 1.62 bits per heavy atom. The second kappa shape index (κ2) is 8.33. The van der Waals surface area contributed by atoms with Gasteiger partial charge in [0.05, 0.1) is 5.56 Å². The zero-order chi connectivity index (χ0) is 27.0. The number of hydrogen-bond acceptors (Lipinski definition) is 3. The van der Waals surface area contributed by atoms with Gasteiger partial charge in [0, 0.05) is 56.0 Å². The largest absolute Gasteiger partial charge is 0.472 e. The number of carbonyl (C=O) groups excluding carboxylic acids is 1. The number of nitrogens with zero attached hydrogens (tertiary/aromatic N) is 1. The summed E-state index contributed by atoms with van der Waals surface area (Å²) in [6, 6.07) is 33.6. The fourth-order valence-electron chi connectivity index (χ4n) is 6.87. The van der Waals surface area contributed by atoms with Crippen LogP contribution in [0.1, 0.15) is 39.5 Å². The van der Waals surface area contributed by atoms with E-state index in [1.54, 1.807) is 0 Å². The molecule has 4 heteroatoms. The molecule has 0 radical (unpaired) electrons. The summed E-state index contributed by atoms with van der Waals surface area (Å²) in [4.78, 5) is 13.1. The highest BCUT2D eigenvalue weighted by molar-refractivity contribution is 6.24. The molecule has 3 heterocycles. The van der Waals surface area contributed by atoms with Crippen LogP contribution in [0, 0.1) is 6.92 Å². The molecule has 1 aromatic heterocycles. The molecule has 194 valence electrons. The van der Waals surface area contributed by atoms with E-state index in [9.17, 15) is 4.79 Å². The summed E-state index contributed by atoms with van der Waals surface area (Å²) in [6.45, 7) is 5.37. The molecule has 0 saturated heterocycles. The Kier molecular flexibility index (Phi) is 4.81. The van der Waals surface area contributed by atoms with Crippen LogP contribution >= 0.6 is 0 Å². The second-order valence-electron chi connectivity index (χ2n) is 10.7. The highest BCUT2D eigenvalue weighted by Crippen LogP contribution is 2.53. The van der Waals surface area contributed by atoms with Gasteiger partial charge in [-0.05, 0) is 49.1 Å². The molecule has 0 spiro atoms. The number of fused-ring (bicyclic) bond motifs is 6. The first-order valence-corrected chi connectivity index (χ1v) is 13.8. The maximum atomic E-state index is 13.1. The minimum atomic E-state index is -0.893. The van der Waals surface area contributed by atoms with Crippen LogP contribution in [-0.2, 0) is 16.9 Å². The molecule has 1 atom stereocenters. The SMILES string of the molecule is CCn1c2ccccc2c2c3c4c5c(cc3ccc21)C(=O)OCC5=CC(c1ccccc1)(c1ccccc1C)O4. The van der Waals surface area contributed by atoms with Crippen LogP contribution in [0.4, 0.5) is 0 Å². The van der Waals surface area contributed by atoms with E-state index in [0.717, 1.165) is 61.8 Å². The molecule has 8 rings (SSSR count). The topological polar surface area (TPSA) is 40.5 Å². The standard InChI is InChI=1S/C36H27NO3/c1-3-37-29-16-10-8-14-26(29)33-30(37)18-17-23-19-27-31-24(21-39-35(27)38)20-36(40-34(31)32(23)33,25-12-5-4-6-13-25)28-15-9-7-11-22(28)2/h4-20H,3,21H2,1-2H3. The van der Waals surface area contributed by atoms with Gasteiger partial charge in [-0.15, -0.1) is 0 Å². The molecule has 0 aliphatic carbocycles. The molecule has 1 unspecified atom stereocenters. The molecular formula is C36H27NO3. The van der Waals surface area contributed by atoms with Gasteiger partial charge >= 0.3 is 5.97 Å². The molecule has 4 nitrogen and oxygen atoms in total. The first-order valence-electron chi connectivity index (χ1n) is 13.8. The Morgan fingerprint density at radius 1 is 0.850 bits per heavy atom. The summed E-state index contributed by atoms with van der Waals surface area (Å²) in [6.07, 6.45) is 2.17. The van der Waals surface area contributed by atoms with Crippen LogP contribution in [0.15, 0.2) is 103 Å². The van der Waals surface area contributed by atoms with Crippen molar-refractivity contribution < 1.29 is 14.3 Å². The van der Waals surface area contributed by atoms with Gasteiger partial charge in [0.25, 0.3) is 0 Å². The quantitative estimate of drug-likeness (QED) is 0.221.